The molecule has 102 valence electrons. The molecule has 1 aliphatic rings. The van der Waals surface area contributed by atoms with Gasteiger partial charge in [0.15, 0.2) is 0 Å². The van der Waals surface area contributed by atoms with Gasteiger partial charge in [-0.3, -0.25) is 0 Å². The highest BCUT2D eigenvalue weighted by Crippen LogP contribution is 2.27. The molecular formula is C15H31NO. The first-order valence-electron chi connectivity index (χ1n) is 7.50. The fourth-order valence-electron chi connectivity index (χ4n) is 2.83. The van der Waals surface area contributed by atoms with Gasteiger partial charge in [-0.1, -0.05) is 33.6 Å². The molecule has 2 unspecified atom stereocenters. The minimum atomic E-state index is 0.109. The third-order valence-electron chi connectivity index (χ3n) is 4.86. The Hall–Kier alpha value is -0.0800. The van der Waals surface area contributed by atoms with Crippen molar-refractivity contribution in [2.24, 2.45) is 11.3 Å². The smallest absolute Gasteiger partial charge is 0.0499 e. The largest absolute Gasteiger partial charge is 0.396 e. The summed E-state index contributed by atoms with van der Waals surface area (Å²) in [6.07, 6.45) is 8.89. The Morgan fingerprint density at radius 1 is 1.12 bits per heavy atom. The molecule has 17 heavy (non-hydrogen) atoms. The molecule has 0 heterocycles. The first-order chi connectivity index (χ1) is 8.15. The summed E-state index contributed by atoms with van der Waals surface area (Å²) in [7, 11) is 0. The van der Waals surface area contributed by atoms with Gasteiger partial charge in [-0.25, -0.2) is 0 Å². The van der Waals surface area contributed by atoms with Crippen molar-refractivity contribution in [3.63, 3.8) is 0 Å². The number of nitrogens with one attached hydrogen (secondary N) is 1. The van der Waals surface area contributed by atoms with Gasteiger partial charge in [-0.2, -0.15) is 0 Å². The summed E-state index contributed by atoms with van der Waals surface area (Å²) in [6, 6.07) is 0.684. The summed E-state index contributed by atoms with van der Waals surface area (Å²) in [4.78, 5) is 0. The molecule has 0 aromatic rings. The SMILES string of the molecule is CCC(CC)(CO)CNC1CCCC(C)CC1. The van der Waals surface area contributed by atoms with Crippen LogP contribution in [0.5, 0.6) is 0 Å². The van der Waals surface area contributed by atoms with E-state index in [4.69, 9.17) is 0 Å². The fraction of sp³-hybridized carbons (Fsp3) is 1.00. The molecular weight excluding hydrogens is 210 g/mol. The van der Waals surface area contributed by atoms with Crippen LogP contribution in [-0.4, -0.2) is 24.3 Å². The summed E-state index contributed by atoms with van der Waals surface area (Å²) in [5.41, 5.74) is 0.109. The number of aliphatic hydroxyl groups is 1. The second kappa shape index (κ2) is 7.38. The molecule has 0 saturated heterocycles. The van der Waals surface area contributed by atoms with E-state index in [0.717, 1.165) is 25.3 Å². The van der Waals surface area contributed by atoms with Crippen molar-refractivity contribution in [3.05, 3.63) is 0 Å². The molecule has 0 bridgehead atoms. The summed E-state index contributed by atoms with van der Waals surface area (Å²) < 4.78 is 0. The van der Waals surface area contributed by atoms with Crippen LogP contribution in [0, 0.1) is 11.3 Å². The summed E-state index contributed by atoms with van der Waals surface area (Å²) in [5.74, 6) is 0.904. The maximum Gasteiger partial charge on any atom is 0.0499 e. The predicted molar refractivity (Wildman–Crippen MR) is 74.1 cm³/mol. The second-order valence-electron chi connectivity index (χ2n) is 6.06. The highest BCUT2D eigenvalue weighted by atomic mass is 16.3. The van der Waals surface area contributed by atoms with Crippen molar-refractivity contribution in [1.29, 1.82) is 0 Å². The van der Waals surface area contributed by atoms with Crippen molar-refractivity contribution < 1.29 is 5.11 Å². The van der Waals surface area contributed by atoms with Gasteiger partial charge >= 0.3 is 0 Å². The van der Waals surface area contributed by atoms with Crippen molar-refractivity contribution in [2.75, 3.05) is 13.2 Å². The molecule has 2 heteroatoms. The molecule has 0 aromatic heterocycles. The Morgan fingerprint density at radius 2 is 1.82 bits per heavy atom. The van der Waals surface area contributed by atoms with E-state index >= 15 is 0 Å². The van der Waals surface area contributed by atoms with Gasteiger partial charge in [0.05, 0.1) is 0 Å². The zero-order valence-corrected chi connectivity index (χ0v) is 12.0. The lowest BCUT2D eigenvalue weighted by atomic mass is 9.83. The summed E-state index contributed by atoms with van der Waals surface area (Å²) >= 11 is 0. The van der Waals surface area contributed by atoms with Crippen LogP contribution < -0.4 is 5.32 Å². The standard InChI is InChI=1S/C15H31NO/c1-4-15(5-2,12-17)11-16-14-8-6-7-13(3)9-10-14/h13-14,16-17H,4-12H2,1-3H3. The van der Waals surface area contributed by atoms with Crippen LogP contribution in [0.2, 0.25) is 0 Å². The number of hydrogen-bond acceptors (Lipinski definition) is 2. The topological polar surface area (TPSA) is 32.3 Å². The monoisotopic (exact) mass is 241 g/mol. The molecule has 0 aromatic carbocycles. The third-order valence-corrected chi connectivity index (χ3v) is 4.86. The molecule has 1 aliphatic carbocycles. The Balaban J connectivity index is 2.38. The van der Waals surface area contributed by atoms with E-state index in [1.807, 2.05) is 0 Å². The fourth-order valence-corrected chi connectivity index (χ4v) is 2.83. The van der Waals surface area contributed by atoms with Crippen LogP contribution in [-0.2, 0) is 0 Å². The molecule has 2 N–H and O–H groups in total. The lowest BCUT2D eigenvalue weighted by molar-refractivity contribution is 0.109. The van der Waals surface area contributed by atoms with Gasteiger partial charge < -0.3 is 10.4 Å². The van der Waals surface area contributed by atoms with Crippen LogP contribution in [0.3, 0.4) is 0 Å². The predicted octanol–water partition coefficient (Wildman–Crippen LogP) is 3.34. The van der Waals surface area contributed by atoms with E-state index in [1.54, 1.807) is 0 Å². The Kier molecular flexibility index (Phi) is 6.50. The van der Waals surface area contributed by atoms with E-state index in [-0.39, 0.29) is 5.41 Å². The molecule has 0 amide bonds. The van der Waals surface area contributed by atoms with Gasteiger partial charge in [-0.05, 0) is 38.0 Å². The average molecular weight is 241 g/mol. The summed E-state index contributed by atoms with van der Waals surface area (Å²) in [6.45, 7) is 8.05. The lowest BCUT2D eigenvalue weighted by Gasteiger charge is -2.32. The van der Waals surface area contributed by atoms with E-state index in [2.05, 4.69) is 26.1 Å². The number of aliphatic hydroxyl groups excluding tert-OH is 1. The Bertz CT molecular complexity index is 193. The average Bonchev–Trinajstić information content (AvgIpc) is 2.57. The molecule has 2 nitrogen and oxygen atoms in total. The van der Waals surface area contributed by atoms with E-state index in [1.165, 1.54) is 32.1 Å². The van der Waals surface area contributed by atoms with Crippen LogP contribution in [0.1, 0.15) is 65.7 Å². The van der Waals surface area contributed by atoms with E-state index < -0.39 is 0 Å². The zero-order chi connectivity index (χ0) is 12.7. The first-order valence-corrected chi connectivity index (χ1v) is 7.50. The quantitative estimate of drug-likeness (QED) is 0.699. The van der Waals surface area contributed by atoms with Gasteiger partial charge in [-0.15, -0.1) is 0 Å². The summed E-state index contributed by atoms with van der Waals surface area (Å²) in [5, 5.41) is 13.3. The molecule has 1 fully saturated rings. The van der Waals surface area contributed by atoms with Crippen LogP contribution in [0.15, 0.2) is 0 Å². The molecule has 2 atom stereocenters. The molecule has 0 radical (unpaired) electrons. The van der Waals surface area contributed by atoms with Gasteiger partial charge in [0, 0.05) is 24.6 Å². The number of hydrogen-bond donors (Lipinski definition) is 2. The van der Waals surface area contributed by atoms with Crippen LogP contribution in [0.4, 0.5) is 0 Å². The maximum atomic E-state index is 9.56. The normalized spacial score (nSPS) is 26.8. The van der Waals surface area contributed by atoms with Crippen molar-refractivity contribution >= 4 is 0 Å². The van der Waals surface area contributed by atoms with Gasteiger partial charge in [0.2, 0.25) is 0 Å². The molecule has 0 spiro atoms. The maximum absolute atomic E-state index is 9.56. The Morgan fingerprint density at radius 3 is 2.41 bits per heavy atom. The van der Waals surface area contributed by atoms with Crippen molar-refractivity contribution in [2.45, 2.75) is 71.8 Å². The van der Waals surface area contributed by atoms with Gasteiger partial charge in [0.1, 0.15) is 0 Å². The second-order valence-corrected chi connectivity index (χ2v) is 6.06. The highest BCUT2D eigenvalue weighted by molar-refractivity contribution is 4.82. The zero-order valence-electron chi connectivity index (χ0n) is 12.0. The van der Waals surface area contributed by atoms with E-state index in [9.17, 15) is 5.11 Å². The third kappa shape index (κ3) is 4.59. The first kappa shape index (κ1) is 15.0. The molecule has 1 rings (SSSR count). The molecule has 1 saturated carbocycles. The van der Waals surface area contributed by atoms with Crippen LogP contribution in [0.25, 0.3) is 0 Å². The minimum Gasteiger partial charge on any atom is -0.396 e. The van der Waals surface area contributed by atoms with Crippen LogP contribution >= 0.6 is 0 Å². The van der Waals surface area contributed by atoms with Gasteiger partial charge in [0.25, 0.3) is 0 Å². The highest BCUT2D eigenvalue weighted by Gasteiger charge is 2.26. The van der Waals surface area contributed by atoms with Crippen molar-refractivity contribution in [1.82, 2.24) is 5.32 Å². The molecule has 0 aliphatic heterocycles. The van der Waals surface area contributed by atoms with E-state index in [0.29, 0.717) is 12.6 Å². The number of rotatable bonds is 6. The lowest BCUT2D eigenvalue weighted by Crippen LogP contribution is -2.41. The Labute approximate surface area is 107 Å². The van der Waals surface area contributed by atoms with Crippen molar-refractivity contribution in [3.8, 4) is 0 Å². The minimum absolute atomic E-state index is 0.109.